The summed E-state index contributed by atoms with van der Waals surface area (Å²) in [5, 5.41) is 4.28. The van der Waals surface area contributed by atoms with Gasteiger partial charge in [-0.1, -0.05) is 38.1 Å². The van der Waals surface area contributed by atoms with Crippen LogP contribution in [0.5, 0.6) is 11.5 Å². The molecule has 2 N–H and O–H groups in total. The molecule has 0 fully saturated rings. The number of amides is 1. The summed E-state index contributed by atoms with van der Waals surface area (Å²) >= 11 is 0. The molecular formula is C22H24N2O3. The molecule has 1 amide bonds. The second-order valence-electron chi connectivity index (χ2n) is 7.23. The molecule has 0 spiro atoms. The Morgan fingerprint density at radius 2 is 1.89 bits per heavy atom. The number of rotatable bonds is 5. The normalized spacial score (nSPS) is 14.3. The summed E-state index contributed by atoms with van der Waals surface area (Å²) in [6, 6.07) is 13.8. The zero-order valence-corrected chi connectivity index (χ0v) is 15.6. The van der Waals surface area contributed by atoms with E-state index in [1.165, 1.54) is 0 Å². The zero-order valence-electron chi connectivity index (χ0n) is 15.6. The number of carbonyl (C=O) groups excluding carboxylic acids is 1. The van der Waals surface area contributed by atoms with Gasteiger partial charge in [-0.05, 0) is 35.2 Å². The molecule has 0 unspecified atom stereocenters. The number of hydrogen-bond acceptors (Lipinski definition) is 3. The number of nitrogens with one attached hydrogen (secondary N) is 2. The Labute approximate surface area is 158 Å². The van der Waals surface area contributed by atoms with Crippen molar-refractivity contribution in [1.29, 1.82) is 0 Å². The topological polar surface area (TPSA) is 63.4 Å². The Hall–Kier alpha value is -2.95. The van der Waals surface area contributed by atoms with Crippen LogP contribution in [-0.2, 0) is 11.2 Å². The Kier molecular flexibility index (Phi) is 4.75. The number of ether oxygens (including phenoxy) is 2. The lowest BCUT2D eigenvalue weighted by molar-refractivity contribution is -0.121. The van der Waals surface area contributed by atoms with E-state index in [2.05, 4.69) is 24.1 Å². The first-order valence-corrected chi connectivity index (χ1v) is 9.35. The average molecular weight is 364 g/mol. The lowest BCUT2D eigenvalue weighted by atomic mass is 9.95. The molecule has 5 nitrogen and oxygen atoms in total. The lowest BCUT2D eigenvalue weighted by Gasteiger charge is -2.25. The van der Waals surface area contributed by atoms with Gasteiger partial charge in [0, 0.05) is 17.1 Å². The van der Waals surface area contributed by atoms with Crippen LogP contribution in [0.15, 0.2) is 48.7 Å². The van der Waals surface area contributed by atoms with E-state index in [4.69, 9.17) is 9.47 Å². The molecule has 1 aromatic heterocycles. The molecule has 0 radical (unpaired) electrons. The number of hydrogen-bond donors (Lipinski definition) is 2. The first kappa shape index (κ1) is 17.5. The Bertz CT molecular complexity index is 961. The molecule has 2 heterocycles. The maximum Gasteiger partial charge on any atom is 0.224 e. The van der Waals surface area contributed by atoms with Gasteiger partial charge in [0.15, 0.2) is 11.5 Å². The molecule has 0 saturated carbocycles. The monoisotopic (exact) mass is 364 g/mol. The van der Waals surface area contributed by atoms with Crippen LogP contribution in [0.2, 0.25) is 0 Å². The molecule has 140 valence electrons. The molecule has 4 rings (SSSR count). The maximum atomic E-state index is 12.8. The minimum absolute atomic E-state index is 0.00772. The summed E-state index contributed by atoms with van der Waals surface area (Å²) in [4.78, 5) is 16.0. The van der Waals surface area contributed by atoms with Crippen LogP contribution in [-0.4, -0.2) is 24.1 Å². The molecule has 27 heavy (non-hydrogen) atoms. The summed E-state index contributed by atoms with van der Waals surface area (Å²) in [7, 11) is 0. The van der Waals surface area contributed by atoms with Crippen molar-refractivity contribution >= 4 is 16.8 Å². The lowest BCUT2D eigenvalue weighted by Crippen LogP contribution is -2.33. The van der Waals surface area contributed by atoms with Gasteiger partial charge in [-0.3, -0.25) is 4.79 Å². The predicted octanol–water partition coefficient (Wildman–Crippen LogP) is 4.00. The second kappa shape index (κ2) is 7.35. The standard InChI is InChI=1S/C22H24N2O3/c1-14(2)22(15-7-8-19-20(11-15)27-10-9-26-19)24-21(25)12-16-13-23-18-6-4-3-5-17(16)18/h3-8,11,13-14,22-23H,9-10,12H2,1-2H3,(H,24,25)/t22-/m1/s1. The summed E-state index contributed by atoms with van der Waals surface area (Å²) in [5.74, 6) is 1.76. The highest BCUT2D eigenvalue weighted by Crippen LogP contribution is 2.34. The fourth-order valence-corrected chi connectivity index (χ4v) is 3.56. The quantitative estimate of drug-likeness (QED) is 0.719. The number of aromatic nitrogens is 1. The molecule has 2 aromatic carbocycles. The van der Waals surface area contributed by atoms with Crippen molar-refractivity contribution in [3.63, 3.8) is 0 Å². The largest absolute Gasteiger partial charge is 0.486 e. The summed E-state index contributed by atoms with van der Waals surface area (Å²) < 4.78 is 11.3. The Morgan fingerprint density at radius 1 is 1.11 bits per heavy atom. The van der Waals surface area contributed by atoms with Crippen LogP contribution in [0.1, 0.15) is 31.0 Å². The van der Waals surface area contributed by atoms with E-state index in [-0.39, 0.29) is 17.9 Å². The van der Waals surface area contributed by atoms with E-state index >= 15 is 0 Å². The third-order valence-corrected chi connectivity index (χ3v) is 4.93. The first-order valence-electron chi connectivity index (χ1n) is 9.35. The van der Waals surface area contributed by atoms with E-state index in [0.29, 0.717) is 19.6 Å². The fourth-order valence-electron chi connectivity index (χ4n) is 3.56. The SMILES string of the molecule is CC(C)[C@@H](NC(=O)Cc1c[nH]c2ccccc12)c1ccc2c(c1)OCCO2. The Morgan fingerprint density at radius 3 is 2.70 bits per heavy atom. The van der Waals surface area contributed by atoms with Crippen LogP contribution in [0.3, 0.4) is 0 Å². The minimum Gasteiger partial charge on any atom is -0.486 e. The third kappa shape index (κ3) is 3.63. The van der Waals surface area contributed by atoms with Gasteiger partial charge in [0.25, 0.3) is 0 Å². The van der Waals surface area contributed by atoms with Crippen molar-refractivity contribution in [3.8, 4) is 11.5 Å². The van der Waals surface area contributed by atoms with E-state index in [9.17, 15) is 4.79 Å². The maximum absolute atomic E-state index is 12.8. The van der Waals surface area contributed by atoms with Gasteiger partial charge in [-0.2, -0.15) is 0 Å². The van der Waals surface area contributed by atoms with E-state index in [1.807, 2.05) is 48.7 Å². The van der Waals surface area contributed by atoms with Crippen molar-refractivity contribution in [3.05, 3.63) is 59.8 Å². The van der Waals surface area contributed by atoms with Crippen LogP contribution in [0.25, 0.3) is 10.9 Å². The van der Waals surface area contributed by atoms with Crippen molar-refractivity contribution in [2.24, 2.45) is 5.92 Å². The molecule has 5 heteroatoms. The fraction of sp³-hybridized carbons (Fsp3) is 0.318. The number of fused-ring (bicyclic) bond motifs is 2. The van der Waals surface area contributed by atoms with Crippen LogP contribution >= 0.6 is 0 Å². The molecule has 3 aromatic rings. The second-order valence-corrected chi connectivity index (χ2v) is 7.23. The van der Waals surface area contributed by atoms with E-state index in [1.54, 1.807) is 0 Å². The predicted molar refractivity (Wildman–Crippen MR) is 105 cm³/mol. The summed E-state index contributed by atoms with van der Waals surface area (Å²) in [6.07, 6.45) is 2.26. The molecule has 1 atom stereocenters. The number of carbonyl (C=O) groups is 1. The van der Waals surface area contributed by atoms with Gasteiger partial charge in [-0.15, -0.1) is 0 Å². The molecular weight excluding hydrogens is 340 g/mol. The van der Waals surface area contributed by atoms with E-state index < -0.39 is 0 Å². The van der Waals surface area contributed by atoms with Crippen LogP contribution in [0, 0.1) is 5.92 Å². The number of H-pyrrole nitrogens is 1. The smallest absolute Gasteiger partial charge is 0.224 e. The number of aromatic amines is 1. The highest BCUT2D eigenvalue weighted by Gasteiger charge is 2.22. The van der Waals surface area contributed by atoms with Gasteiger partial charge in [-0.25, -0.2) is 0 Å². The van der Waals surface area contributed by atoms with Crippen molar-refractivity contribution in [2.45, 2.75) is 26.3 Å². The van der Waals surface area contributed by atoms with Gasteiger partial charge < -0.3 is 19.8 Å². The summed E-state index contributed by atoms with van der Waals surface area (Å²) in [5.41, 5.74) is 3.09. The van der Waals surface area contributed by atoms with Crippen molar-refractivity contribution in [2.75, 3.05) is 13.2 Å². The average Bonchev–Trinajstić information content (AvgIpc) is 3.08. The summed E-state index contributed by atoms with van der Waals surface area (Å²) in [6.45, 7) is 5.33. The molecule has 0 bridgehead atoms. The van der Waals surface area contributed by atoms with Gasteiger partial charge in [0.2, 0.25) is 5.91 Å². The molecule has 1 aliphatic heterocycles. The molecule has 0 aliphatic carbocycles. The van der Waals surface area contributed by atoms with E-state index in [0.717, 1.165) is 33.5 Å². The van der Waals surface area contributed by atoms with Crippen LogP contribution < -0.4 is 14.8 Å². The highest BCUT2D eigenvalue weighted by atomic mass is 16.6. The molecule has 1 aliphatic rings. The van der Waals surface area contributed by atoms with Crippen molar-refractivity contribution in [1.82, 2.24) is 10.3 Å². The number of benzene rings is 2. The van der Waals surface area contributed by atoms with Gasteiger partial charge in [0.1, 0.15) is 13.2 Å². The first-order chi connectivity index (χ1) is 13.1. The van der Waals surface area contributed by atoms with Gasteiger partial charge in [0.05, 0.1) is 12.5 Å². The zero-order chi connectivity index (χ0) is 18.8. The minimum atomic E-state index is -0.0847. The third-order valence-electron chi connectivity index (χ3n) is 4.93. The highest BCUT2D eigenvalue weighted by molar-refractivity contribution is 5.89. The number of para-hydroxylation sites is 1. The van der Waals surface area contributed by atoms with Crippen LogP contribution in [0.4, 0.5) is 0 Å². The van der Waals surface area contributed by atoms with Crippen molar-refractivity contribution < 1.29 is 14.3 Å². The molecule has 0 saturated heterocycles. The Balaban J connectivity index is 1.52. The van der Waals surface area contributed by atoms with Gasteiger partial charge >= 0.3 is 0 Å².